The van der Waals surface area contributed by atoms with Crippen LogP contribution < -0.4 is 5.32 Å². The average molecular weight is 283 g/mol. The second kappa shape index (κ2) is 7.56. The number of rotatable bonds is 5. The second-order valence-corrected chi connectivity index (χ2v) is 5.19. The molecular formula is C17H17NOS. The van der Waals surface area contributed by atoms with Gasteiger partial charge in [0.1, 0.15) is 0 Å². The molecular weight excluding hydrogens is 266 g/mol. The highest BCUT2D eigenvalue weighted by Gasteiger charge is 2.07. The van der Waals surface area contributed by atoms with E-state index in [9.17, 15) is 4.79 Å². The molecule has 0 heterocycles. The van der Waals surface area contributed by atoms with Gasteiger partial charge in [-0.2, -0.15) is 0 Å². The predicted octanol–water partition coefficient (Wildman–Crippen LogP) is 4.71. The van der Waals surface area contributed by atoms with E-state index >= 15 is 0 Å². The van der Waals surface area contributed by atoms with E-state index in [0.29, 0.717) is 6.42 Å². The Morgan fingerprint density at radius 3 is 2.25 bits per heavy atom. The van der Waals surface area contributed by atoms with Crippen LogP contribution in [0.3, 0.4) is 0 Å². The first-order chi connectivity index (χ1) is 9.79. The lowest BCUT2D eigenvalue weighted by molar-refractivity contribution is -0.112. The number of carbonyl (C=O) groups excluding carboxylic acids is 1. The number of para-hydroxylation sites is 1. The van der Waals surface area contributed by atoms with Crippen molar-refractivity contribution >= 4 is 23.4 Å². The molecule has 0 saturated heterocycles. The Labute approximate surface area is 123 Å². The lowest BCUT2D eigenvalue weighted by Crippen LogP contribution is -2.13. The Morgan fingerprint density at radius 2 is 1.65 bits per heavy atom. The number of thioether (sulfide) groups is 1. The molecule has 2 rings (SSSR count). The zero-order chi connectivity index (χ0) is 14.2. The number of hydrogen-bond donors (Lipinski definition) is 1. The van der Waals surface area contributed by atoms with Gasteiger partial charge in [0.05, 0.1) is 0 Å². The lowest BCUT2D eigenvalue weighted by Gasteiger charge is -2.07. The number of carbonyl (C=O) groups is 1. The average Bonchev–Trinajstić information content (AvgIpc) is 2.50. The molecule has 102 valence electrons. The minimum absolute atomic E-state index is 0.0397. The van der Waals surface area contributed by atoms with E-state index in [1.165, 1.54) is 0 Å². The summed E-state index contributed by atoms with van der Waals surface area (Å²) < 4.78 is 0. The minimum Gasteiger partial charge on any atom is -0.322 e. The molecule has 0 unspecified atom stereocenters. The van der Waals surface area contributed by atoms with Gasteiger partial charge >= 0.3 is 0 Å². The van der Waals surface area contributed by atoms with Crippen molar-refractivity contribution < 1.29 is 4.79 Å². The van der Waals surface area contributed by atoms with E-state index in [1.807, 2.05) is 73.0 Å². The molecule has 0 bridgehead atoms. The molecule has 0 aliphatic heterocycles. The highest BCUT2D eigenvalue weighted by atomic mass is 32.2. The predicted molar refractivity (Wildman–Crippen MR) is 85.7 cm³/mol. The standard InChI is InChI=1S/C17H17NOS/c1-2-14(13-20-16-11-7-4-8-12-16)17(19)18-15-9-5-3-6-10-15/h3-13H,2H2,1H3,(H,18,19). The van der Waals surface area contributed by atoms with Crippen LogP contribution in [0, 0.1) is 0 Å². The molecule has 0 fully saturated rings. The summed E-state index contributed by atoms with van der Waals surface area (Å²) in [6.07, 6.45) is 0.707. The van der Waals surface area contributed by atoms with E-state index in [2.05, 4.69) is 5.32 Å². The molecule has 0 aromatic heterocycles. The molecule has 1 N–H and O–H groups in total. The number of benzene rings is 2. The molecule has 2 nitrogen and oxygen atoms in total. The molecule has 2 aromatic rings. The third kappa shape index (κ3) is 4.28. The molecule has 0 aliphatic carbocycles. The van der Waals surface area contributed by atoms with Gasteiger partial charge in [0, 0.05) is 16.2 Å². The molecule has 0 radical (unpaired) electrons. The van der Waals surface area contributed by atoms with Gasteiger partial charge in [-0.25, -0.2) is 0 Å². The van der Waals surface area contributed by atoms with Gasteiger partial charge < -0.3 is 5.32 Å². The maximum atomic E-state index is 12.2. The van der Waals surface area contributed by atoms with Crippen LogP contribution >= 0.6 is 11.8 Å². The van der Waals surface area contributed by atoms with Crippen LogP contribution in [0.15, 0.2) is 76.5 Å². The summed E-state index contributed by atoms with van der Waals surface area (Å²) >= 11 is 1.57. The van der Waals surface area contributed by atoms with Crippen molar-refractivity contribution in [1.82, 2.24) is 0 Å². The lowest BCUT2D eigenvalue weighted by atomic mass is 10.2. The number of amides is 1. The van der Waals surface area contributed by atoms with Gasteiger partial charge in [0.15, 0.2) is 0 Å². The fraction of sp³-hybridized carbons (Fsp3) is 0.118. The molecule has 2 aromatic carbocycles. The van der Waals surface area contributed by atoms with E-state index < -0.39 is 0 Å². The van der Waals surface area contributed by atoms with Crippen LogP contribution in [0.5, 0.6) is 0 Å². The SMILES string of the molecule is CCC(=CSc1ccccc1)C(=O)Nc1ccccc1. The smallest absolute Gasteiger partial charge is 0.252 e. The van der Waals surface area contributed by atoms with E-state index in [0.717, 1.165) is 16.2 Å². The van der Waals surface area contributed by atoms with Gasteiger partial charge in [-0.1, -0.05) is 55.1 Å². The van der Waals surface area contributed by atoms with Crippen molar-refractivity contribution in [3.63, 3.8) is 0 Å². The molecule has 0 aliphatic rings. The quantitative estimate of drug-likeness (QED) is 0.636. The Hall–Kier alpha value is -2.00. The summed E-state index contributed by atoms with van der Waals surface area (Å²) in [5.74, 6) is -0.0397. The van der Waals surface area contributed by atoms with Gasteiger partial charge in [0.25, 0.3) is 5.91 Å². The normalized spacial score (nSPS) is 11.2. The fourth-order valence-electron chi connectivity index (χ4n) is 1.67. The van der Waals surface area contributed by atoms with Crippen molar-refractivity contribution in [1.29, 1.82) is 0 Å². The van der Waals surface area contributed by atoms with Gasteiger partial charge in [-0.15, -0.1) is 0 Å². The first kappa shape index (κ1) is 14.4. The van der Waals surface area contributed by atoms with Crippen LogP contribution in [0.4, 0.5) is 5.69 Å². The second-order valence-electron chi connectivity index (χ2n) is 4.25. The monoisotopic (exact) mass is 283 g/mol. The van der Waals surface area contributed by atoms with Crippen molar-refractivity contribution in [2.24, 2.45) is 0 Å². The first-order valence-corrected chi connectivity index (χ1v) is 7.44. The van der Waals surface area contributed by atoms with Crippen LogP contribution in [0.1, 0.15) is 13.3 Å². The summed E-state index contributed by atoms with van der Waals surface area (Å²) in [7, 11) is 0. The fourth-order valence-corrected chi connectivity index (χ4v) is 2.53. The largest absolute Gasteiger partial charge is 0.322 e. The summed E-state index contributed by atoms with van der Waals surface area (Å²) in [6.45, 7) is 1.99. The molecule has 1 amide bonds. The van der Waals surface area contributed by atoms with Crippen molar-refractivity contribution in [3.8, 4) is 0 Å². The Kier molecular flexibility index (Phi) is 5.44. The van der Waals surface area contributed by atoms with Crippen LogP contribution in [-0.4, -0.2) is 5.91 Å². The zero-order valence-electron chi connectivity index (χ0n) is 11.4. The van der Waals surface area contributed by atoms with Gasteiger partial charge in [-0.3, -0.25) is 4.79 Å². The van der Waals surface area contributed by atoms with Crippen molar-refractivity contribution in [2.45, 2.75) is 18.2 Å². The zero-order valence-corrected chi connectivity index (χ0v) is 12.2. The third-order valence-corrected chi connectivity index (χ3v) is 3.73. The molecule has 3 heteroatoms. The van der Waals surface area contributed by atoms with E-state index in [4.69, 9.17) is 0 Å². The number of anilines is 1. The van der Waals surface area contributed by atoms with E-state index in [1.54, 1.807) is 11.8 Å². The van der Waals surface area contributed by atoms with Crippen LogP contribution in [-0.2, 0) is 4.79 Å². The Morgan fingerprint density at radius 1 is 1.05 bits per heavy atom. The van der Waals surface area contributed by atoms with Crippen molar-refractivity contribution in [2.75, 3.05) is 5.32 Å². The van der Waals surface area contributed by atoms with Crippen LogP contribution in [0.2, 0.25) is 0 Å². The molecule has 0 saturated carbocycles. The third-order valence-electron chi connectivity index (χ3n) is 2.78. The van der Waals surface area contributed by atoms with Crippen molar-refractivity contribution in [3.05, 3.63) is 71.6 Å². The van der Waals surface area contributed by atoms with Gasteiger partial charge in [0.2, 0.25) is 0 Å². The molecule has 0 spiro atoms. The number of hydrogen-bond acceptors (Lipinski definition) is 2. The number of nitrogens with one attached hydrogen (secondary N) is 1. The highest BCUT2D eigenvalue weighted by molar-refractivity contribution is 8.02. The molecule has 20 heavy (non-hydrogen) atoms. The maximum absolute atomic E-state index is 12.2. The summed E-state index contributed by atoms with van der Waals surface area (Å²) in [4.78, 5) is 13.3. The minimum atomic E-state index is -0.0397. The summed E-state index contributed by atoms with van der Waals surface area (Å²) in [5.41, 5.74) is 1.60. The van der Waals surface area contributed by atoms with E-state index in [-0.39, 0.29) is 5.91 Å². The topological polar surface area (TPSA) is 29.1 Å². The summed E-state index contributed by atoms with van der Waals surface area (Å²) in [5, 5.41) is 4.83. The van der Waals surface area contributed by atoms with Crippen LogP contribution in [0.25, 0.3) is 0 Å². The first-order valence-electron chi connectivity index (χ1n) is 6.56. The van der Waals surface area contributed by atoms with Gasteiger partial charge in [-0.05, 0) is 36.1 Å². The maximum Gasteiger partial charge on any atom is 0.252 e. The summed E-state index contributed by atoms with van der Waals surface area (Å²) in [6, 6.07) is 19.5. The Balaban J connectivity index is 2.02. The highest BCUT2D eigenvalue weighted by Crippen LogP contribution is 2.21. The Bertz CT molecular complexity index is 578. The molecule has 0 atom stereocenters.